The first-order chi connectivity index (χ1) is 20.4. The molecule has 8 heteroatoms. The van der Waals surface area contributed by atoms with E-state index in [2.05, 4.69) is 73.8 Å². The number of nitrogens with zero attached hydrogens (tertiary/aromatic N) is 2. The Hall–Kier alpha value is -3.16. The third kappa shape index (κ3) is 6.90. The van der Waals surface area contributed by atoms with E-state index in [1.807, 2.05) is 21.9 Å². The lowest BCUT2D eigenvalue weighted by Crippen LogP contribution is -2.28. The highest BCUT2D eigenvalue weighted by Crippen LogP contribution is 2.41. The lowest BCUT2D eigenvalue weighted by Gasteiger charge is -2.19. The summed E-state index contributed by atoms with van der Waals surface area (Å²) in [5.41, 5.74) is 5.08. The Morgan fingerprint density at radius 1 is 0.690 bits per heavy atom. The molecule has 0 spiro atoms. The van der Waals surface area contributed by atoms with E-state index < -0.39 is 0 Å². The van der Waals surface area contributed by atoms with Gasteiger partial charge in [-0.05, 0) is 59.4 Å². The molecule has 0 N–H and O–H groups in total. The molecule has 42 heavy (non-hydrogen) atoms. The molecule has 2 aliphatic rings. The summed E-state index contributed by atoms with van der Waals surface area (Å²) in [6, 6.07) is 25.0. The van der Waals surface area contributed by atoms with Crippen LogP contribution in [-0.4, -0.2) is 34.7 Å². The fourth-order valence-corrected chi connectivity index (χ4v) is 8.45. The summed E-state index contributed by atoms with van der Waals surface area (Å²) in [5.74, 6) is 0.568. The summed E-state index contributed by atoms with van der Waals surface area (Å²) in [5, 5.41) is 0. The van der Waals surface area contributed by atoms with Crippen LogP contribution in [0.25, 0.3) is 0 Å². The normalized spacial score (nSPS) is 18.0. The molecule has 2 atom stereocenters. The monoisotopic (exact) mass is 634 g/mol. The van der Waals surface area contributed by atoms with E-state index in [0.717, 1.165) is 34.6 Å². The zero-order chi connectivity index (χ0) is 29.6. The number of rotatable bonds is 4. The van der Waals surface area contributed by atoms with Gasteiger partial charge in [-0.1, -0.05) is 97.0 Å². The number of benzene rings is 2. The van der Waals surface area contributed by atoms with Gasteiger partial charge in [-0.15, -0.1) is 22.7 Å². The molecule has 4 nitrogen and oxygen atoms in total. The van der Waals surface area contributed by atoms with E-state index in [9.17, 15) is 9.59 Å². The molecule has 0 fully saturated rings. The van der Waals surface area contributed by atoms with Crippen molar-refractivity contribution >= 4 is 57.7 Å². The van der Waals surface area contributed by atoms with Crippen LogP contribution >= 0.6 is 45.9 Å². The van der Waals surface area contributed by atoms with Gasteiger partial charge in [0, 0.05) is 34.7 Å². The predicted molar refractivity (Wildman–Crippen MR) is 176 cm³/mol. The Morgan fingerprint density at radius 2 is 1.07 bits per heavy atom. The van der Waals surface area contributed by atoms with E-state index in [0.29, 0.717) is 24.9 Å². The molecule has 216 valence electrons. The number of hydrogen-bond donors (Lipinski definition) is 0. The van der Waals surface area contributed by atoms with Gasteiger partial charge in [0.1, 0.15) is 0 Å². The molecule has 0 aliphatic carbocycles. The maximum absolute atomic E-state index is 12.0. The molecule has 0 saturated heterocycles. The van der Waals surface area contributed by atoms with Gasteiger partial charge < -0.3 is 9.80 Å². The highest BCUT2D eigenvalue weighted by Gasteiger charge is 2.28. The summed E-state index contributed by atoms with van der Waals surface area (Å²) in [6.07, 6.45) is 4.59. The Balaban J connectivity index is 0.000000168. The van der Waals surface area contributed by atoms with Crippen molar-refractivity contribution in [1.82, 2.24) is 9.80 Å². The van der Waals surface area contributed by atoms with Crippen molar-refractivity contribution in [2.24, 2.45) is 0 Å². The maximum Gasteiger partial charge on any atom is 0.246 e. The zero-order valence-electron chi connectivity index (χ0n) is 23.2. The third-order valence-corrected chi connectivity index (χ3v) is 10.3. The number of thiophene rings is 2. The molecule has 0 saturated carbocycles. The molecular formula is C34H32Cl2N2O2S2. The van der Waals surface area contributed by atoms with Crippen LogP contribution < -0.4 is 0 Å². The average molecular weight is 636 g/mol. The van der Waals surface area contributed by atoms with Crippen LogP contribution in [0.2, 0.25) is 8.67 Å². The summed E-state index contributed by atoms with van der Waals surface area (Å²) in [6.45, 7) is 9.91. The van der Waals surface area contributed by atoms with E-state index in [1.54, 1.807) is 22.7 Å². The summed E-state index contributed by atoms with van der Waals surface area (Å²) < 4.78 is 1.57. The van der Waals surface area contributed by atoms with Gasteiger partial charge in [0.15, 0.2) is 0 Å². The molecule has 6 rings (SSSR count). The number of carbonyl (C=O) groups excluding carboxylic acids is 2. The SMILES string of the molecule is C=CC(=O)N1CC[C@@H](c2ccccc2)c2cc(Cl)sc2C1.C=CC(=O)N1CC[C@H](c2ccccc2)c2cc(Cl)sc2C1. The van der Waals surface area contributed by atoms with Crippen LogP contribution in [0.3, 0.4) is 0 Å². The Kier molecular flexibility index (Phi) is 10.0. The first-order valence-corrected chi connectivity index (χ1v) is 16.3. The quantitative estimate of drug-likeness (QED) is 0.210. The molecule has 2 aromatic heterocycles. The van der Waals surface area contributed by atoms with Crippen LogP contribution in [0.4, 0.5) is 0 Å². The predicted octanol–water partition coefficient (Wildman–Crippen LogP) is 8.90. The molecule has 4 heterocycles. The number of fused-ring (bicyclic) bond motifs is 2. The largest absolute Gasteiger partial charge is 0.334 e. The van der Waals surface area contributed by atoms with Crippen molar-refractivity contribution < 1.29 is 9.59 Å². The highest BCUT2D eigenvalue weighted by molar-refractivity contribution is 7.16. The molecule has 0 unspecified atom stereocenters. The lowest BCUT2D eigenvalue weighted by atomic mass is 9.89. The second kappa shape index (κ2) is 13.9. The van der Waals surface area contributed by atoms with Crippen LogP contribution in [0.5, 0.6) is 0 Å². The van der Waals surface area contributed by atoms with Crippen molar-refractivity contribution in [1.29, 1.82) is 0 Å². The first-order valence-electron chi connectivity index (χ1n) is 13.9. The number of hydrogen-bond acceptors (Lipinski definition) is 4. The fraction of sp³-hybridized carbons (Fsp3) is 0.235. The molecule has 2 amide bonds. The topological polar surface area (TPSA) is 40.6 Å². The van der Waals surface area contributed by atoms with E-state index in [-0.39, 0.29) is 11.8 Å². The molecule has 0 bridgehead atoms. The molecule has 4 aromatic rings. The van der Waals surface area contributed by atoms with Gasteiger partial charge in [-0.2, -0.15) is 0 Å². The maximum atomic E-state index is 12.0. The van der Waals surface area contributed by atoms with Crippen molar-refractivity contribution in [3.8, 4) is 0 Å². The van der Waals surface area contributed by atoms with Gasteiger partial charge in [0.05, 0.1) is 21.8 Å². The van der Waals surface area contributed by atoms with E-state index in [1.165, 1.54) is 44.2 Å². The second-order valence-corrected chi connectivity index (χ2v) is 13.8. The molecule has 2 aliphatic heterocycles. The highest BCUT2D eigenvalue weighted by atomic mass is 35.5. The van der Waals surface area contributed by atoms with Crippen LogP contribution in [-0.2, 0) is 22.7 Å². The minimum atomic E-state index is -0.0146. The Bertz CT molecular complexity index is 1450. The van der Waals surface area contributed by atoms with Crippen LogP contribution in [0.15, 0.2) is 98.1 Å². The standard InChI is InChI=1S/2C17H16ClNOS/c2*1-2-17(20)19-9-8-13(12-6-4-3-5-7-12)14-10-16(18)21-15(14)11-19/h2*2-7,10,13H,1,8-9,11H2/t2*13-/m10/s1. The number of carbonyl (C=O) groups is 2. The molecule has 2 aromatic carbocycles. The number of amides is 2. The zero-order valence-corrected chi connectivity index (χ0v) is 26.3. The minimum absolute atomic E-state index is 0.0146. The third-order valence-electron chi connectivity index (χ3n) is 7.79. The summed E-state index contributed by atoms with van der Waals surface area (Å²) in [4.78, 5) is 30.0. The molecular weight excluding hydrogens is 603 g/mol. The second-order valence-electron chi connectivity index (χ2n) is 10.3. The van der Waals surface area contributed by atoms with Crippen LogP contribution in [0.1, 0.15) is 56.7 Å². The smallest absolute Gasteiger partial charge is 0.246 e. The van der Waals surface area contributed by atoms with Gasteiger partial charge in [-0.25, -0.2) is 0 Å². The van der Waals surface area contributed by atoms with Crippen molar-refractivity contribution in [3.05, 3.63) is 139 Å². The summed E-state index contributed by atoms with van der Waals surface area (Å²) in [7, 11) is 0. The van der Waals surface area contributed by atoms with Gasteiger partial charge in [0.25, 0.3) is 0 Å². The Labute approximate surface area is 265 Å². The van der Waals surface area contributed by atoms with Crippen molar-refractivity contribution in [3.63, 3.8) is 0 Å². The Morgan fingerprint density at radius 3 is 1.43 bits per heavy atom. The molecule has 0 radical (unpaired) electrons. The average Bonchev–Trinajstić information content (AvgIpc) is 3.44. The van der Waals surface area contributed by atoms with Crippen molar-refractivity contribution in [2.75, 3.05) is 13.1 Å². The lowest BCUT2D eigenvalue weighted by molar-refractivity contribution is -0.127. The van der Waals surface area contributed by atoms with E-state index in [4.69, 9.17) is 23.2 Å². The van der Waals surface area contributed by atoms with Crippen molar-refractivity contribution in [2.45, 2.75) is 37.8 Å². The minimum Gasteiger partial charge on any atom is -0.334 e. The van der Waals surface area contributed by atoms with E-state index >= 15 is 0 Å². The van der Waals surface area contributed by atoms with Gasteiger partial charge in [0.2, 0.25) is 11.8 Å². The van der Waals surface area contributed by atoms with Gasteiger partial charge in [-0.3, -0.25) is 9.59 Å². The number of halogens is 2. The first kappa shape index (κ1) is 30.3. The van der Waals surface area contributed by atoms with Gasteiger partial charge >= 0.3 is 0 Å². The summed E-state index contributed by atoms with van der Waals surface area (Å²) >= 11 is 15.6. The fourth-order valence-electron chi connectivity index (χ4n) is 5.74. The van der Waals surface area contributed by atoms with Crippen LogP contribution in [0, 0.1) is 0 Å².